The fourth-order valence-electron chi connectivity index (χ4n) is 3.17. The highest BCUT2D eigenvalue weighted by atomic mass is 32.2. The molecule has 1 aromatic heterocycles. The third kappa shape index (κ3) is 4.57. The molecule has 0 aliphatic heterocycles. The normalized spacial score (nSPS) is 12.1. The molecule has 4 aromatic rings. The van der Waals surface area contributed by atoms with Crippen LogP contribution in [0.4, 0.5) is 10.1 Å². The van der Waals surface area contributed by atoms with E-state index in [1.807, 2.05) is 30.3 Å². The van der Waals surface area contributed by atoms with Crippen LogP contribution in [0.5, 0.6) is 0 Å². The standard InChI is InChI=1S/C22H17FN2O5S2/c23-18-9-10-22(32(24,28)29)19(14-18)25(31(26)27)12-11-15-5-7-16(8-6-15)21-13-17-3-1-2-4-20(17)30-21/h1-14,31H,(H2,24,28,29). The Bertz CT molecular complexity index is 1470. The van der Waals surface area contributed by atoms with E-state index in [0.29, 0.717) is 15.6 Å². The molecule has 0 unspecified atom stereocenters. The lowest BCUT2D eigenvalue weighted by Crippen LogP contribution is -2.20. The van der Waals surface area contributed by atoms with E-state index in [1.165, 1.54) is 6.08 Å². The Balaban J connectivity index is 1.65. The van der Waals surface area contributed by atoms with Crippen molar-refractivity contribution in [2.24, 2.45) is 5.14 Å². The maximum atomic E-state index is 13.7. The van der Waals surface area contributed by atoms with Crippen LogP contribution in [0, 0.1) is 5.82 Å². The number of fused-ring (bicyclic) bond motifs is 1. The number of nitrogens with two attached hydrogens (primary N) is 1. The summed E-state index contributed by atoms with van der Waals surface area (Å²) in [6, 6.07) is 19.2. The molecule has 0 amide bonds. The van der Waals surface area contributed by atoms with Gasteiger partial charge >= 0.3 is 0 Å². The number of rotatable bonds is 6. The molecule has 0 aliphatic rings. The van der Waals surface area contributed by atoms with Crippen LogP contribution >= 0.6 is 0 Å². The van der Waals surface area contributed by atoms with Crippen molar-refractivity contribution in [2.75, 3.05) is 4.31 Å². The van der Waals surface area contributed by atoms with E-state index in [-0.39, 0.29) is 0 Å². The molecule has 2 N–H and O–H groups in total. The molecular formula is C22H17FN2O5S2. The van der Waals surface area contributed by atoms with E-state index < -0.39 is 37.3 Å². The van der Waals surface area contributed by atoms with Crippen molar-refractivity contribution in [3.05, 3.63) is 90.4 Å². The van der Waals surface area contributed by atoms with E-state index in [2.05, 4.69) is 0 Å². The second-order valence-electron chi connectivity index (χ2n) is 6.83. The van der Waals surface area contributed by atoms with Crippen LogP contribution < -0.4 is 9.44 Å². The number of furan rings is 1. The highest BCUT2D eigenvalue weighted by Gasteiger charge is 2.20. The number of para-hydroxylation sites is 1. The number of thiol groups is 1. The average Bonchev–Trinajstić information content (AvgIpc) is 3.17. The summed E-state index contributed by atoms with van der Waals surface area (Å²) in [7, 11) is -7.60. The molecule has 164 valence electrons. The highest BCUT2D eigenvalue weighted by Crippen LogP contribution is 2.29. The highest BCUT2D eigenvalue weighted by molar-refractivity contribution is 7.89. The minimum atomic E-state index is -4.28. The fourth-order valence-corrected chi connectivity index (χ4v) is 4.46. The Morgan fingerprint density at radius 2 is 1.69 bits per heavy atom. The lowest BCUT2D eigenvalue weighted by atomic mass is 10.1. The Kier molecular flexibility index (Phi) is 5.83. The monoisotopic (exact) mass is 472 g/mol. The van der Waals surface area contributed by atoms with Crippen molar-refractivity contribution in [1.82, 2.24) is 0 Å². The number of benzene rings is 3. The lowest BCUT2D eigenvalue weighted by Gasteiger charge is -2.16. The van der Waals surface area contributed by atoms with Gasteiger partial charge in [0.1, 0.15) is 22.1 Å². The molecule has 7 nitrogen and oxygen atoms in total. The van der Waals surface area contributed by atoms with E-state index >= 15 is 0 Å². The molecule has 0 spiro atoms. The Morgan fingerprint density at radius 3 is 2.34 bits per heavy atom. The second-order valence-corrected chi connectivity index (χ2v) is 9.26. The molecular weight excluding hydrogens is 455 g/mol. The van der Waals surface area contributed by atoms with E-state index in [4.69, 9.17) is 9.56 Å². The van der Waals surface area contributed by atoms with Crippen LogP contribution in [-0.4, -0.2) is 16.8 Å². The van der Waals surface area contributed by atoms with Crippen molar-refractivity contribution in [3.8, 4) is 11.3 Å². The summed E-state index contributed by atoms with van der Waals surface area (Å²) >= 11 is 0. The molecule has 0 bridgehead atoms. The predicted octanol–water partition coefficient (Wildman–Crippen LogP) is 3.89. The lowest BCUT2D eigenvalue weighted by molar-refractivity contribution is 0.596. The van der Waals surface area contributed by atoms with Crippen LogP contribution in [0.2, 0.25) is 0 Å². The molecule has 32 heavy (non-hydrogen) atoms. The molecule has 0 saturated heterocycles. The third-order valence-electron chi connectivity index (χ3n) is 4.68. The zero-order valence-electron chi connectivity index (χ0n) is 16.4. The van der Waals surface area contributed by atoms with Crippen LogP contribution in [0.1, 0.15) is 5.56 Å². The van der Waals surface area contributed by atoms with Gasteiger partial charge in [-0.15, -0.1) is 0 Å². The first-order valence-corrected chi connectivity index (χ1v) is 11.9. The zero-order chi connectivity index (χ0) is 22.9. The van der Waals surface area contributed by atoms with Gasteiger partial charge < -0.3 is 4.42 Å². The summed E-state index contributed by atoms with van der Waals surface area (Å²) in [5.41, 5.74) is 1.81. The van der Waals surface area contributed by atoms with Gasteiger partial charge in [-0.1, -0.05) is 42.5 Å². The summed E-state index contributed by atoms with van der Waals surface area (Å²) in [6.07, 6.45) is 2.58. The summed E-state index contributed by atoms with van der Waals surface area (Å²) in [5.74, 6) is -0.124. The van der Waals surface area contributed by atoms with E-state index in [9.17, 15) is 21.2 Å². The molecule has 0 radical (unpaired) electrons. The van der Waals surface area contributed by atoms with E-state index in [1.54, 1.807) is 24.3 Å². The molecule has 3 aromatic carbocycles. The molecule has 0 atom stereocenters. The van der Waals surface area contributed by atoms with Gasteiger partial charge in [-0.2, -0.15) is 0 Å². The summed E-state index contributed by atoms with van der Waals surface area (Å²) in [4.78, 5) is -0.511. The van der Waals surface area contributed by atoms with Gasteiger partial charge in [-0.05, 0) is 42.0 Å². The topological polar surface area (TPSA) is 111 Å². The summed E-state index contributed by atoms with van der Waals surface area (Å²) in [6.45, 7) is 0. The van der Waals surface area contributed by atoms with Gasteiger partial charge in [0.2, 0.25) is 20.9 Å². The molecule has 0 fully saturated rings. The van der Waals surface area contributed by atoms with Gasteiger partial charge in [-0.25, -0.2) is 30.7 Å². The Morgan fingerprint density at radius 1 is 0.969 bits per heavy atom. The fraction of sp³-hybridized carbons (Fsp3) is 0. The number of nitrogens with zero attached hydrogens (tertiary/aromatic N) is 1. The minimum absolute atomic E-state index is 0.404. The maximum absolute atomic E-state index is 13.7. The quantitative estimate of drug-likeness (QED) is 0.414. The molecule has 0 saturated carbocycles. The Hall–Kier alpha value is -3.47. The first-order valence-electron chi connectivity index (χ1n) is 9.25. The number of hydrogen-bond donors (Lipinski definition) is 2. The van der Waals surface area contributed by atoms with Gasteiger partial charge in [0.15, 0.2) is 0 Å². The van der Waals surface area contributed by atoms with Crippen LogP contribution in [0.3, 0.4) is 0 Å². The third-order valence-corrected chi connectivity index (χ3v) is 6.34. The molecule has 10 heteroatoms. The van der Waals surface area contributed by atoms with Gasteiger partial charge in [0.05, 0.1) is 5.69 Å². The van der Waals surface area contributed by atoms with E-state index in [0.717, 1.165) is 40.9 Å². The minimum Gasteiger partial charge on any atom is -0.456 e. The van der Waals surface area contributed by atoms with Gasteiger partial charge in [0.25, 0.3) is 0 Å². The number of primary sulfonamides is 1. The smallest absolute Gasteiger partial charge is 0.240 e. The van der Waals surface area contributed by atoms with Crippen molar-refractivity contribution in [3.63, 3.8) is 0 Å². The van der Waals surface area contributed by atoms with Crippen molar-refractivity contribution >= 4 is 43.6 Å². The first kappa shape index (κ1) is 21.8. The largest absolute Gasteiger partial charge is 0.456 e. The molecule has 1 heterocycles. The van der Waals surface area contributed by atoms with Crippen molar-refractivity contribution < 1.29 is 25.6 Å². The summed E-state index contributed by atoms with van der Waals surface area (Å²) < 4.78 is 67.3. The number of halogens is 1. The van der Waals surface area contributed by atoms with Crippen molar-refractivity contribution in [1.29, 1.82) is 0 Å². The average molecular weight is 473 g/mol. The summed E-state index contributed by atoms with van der Waals surface area (Å²) in [5, 5.41) is 6.12. The number of sulfonamides is 1. The second kappa shape index (κ2) is 8.58. The number of hydrogen-bond acceptors (Lipinski definition) is 5. The van der Waals surface area contributed by atoms with Crippen LogP contribution in [-0.2, 0) is 20.9 Å². The first-order chi connectivity index (χ1) is 15.2. The van der Waals surface area contributed by atoms with Crippen LogP contribution in [0.15, 0.2) is 88.3 Å². The van der Waals surface area contributed by atoms with Crippen LogP contribution in [0.25, 0.3) is 28.4 Å². The Labute approximate surface area is 185 Å². The maximum Gasteiger partial charge on any atom is 0.240 e. The number of anilines is 1. The van der Waals surface area contributed by atoms with Gasteiger partial charge in [-0.3, -0.25) is 0 Å². The predicted molar refractivity (Wildman–Crippen MR) is 121 cm³/mol. The molecule has 0 aliphatic carbocycles. The molecule has 4 rings (SSSR count). The van der Waals surface area contributed by atoms with Gasteiger partial charge in [0, 0.05) is 17.1 Å². The zero-order valence-corrected chi connectivity index (χ0v) is 18.1. The SMILES string of the molecule is NS(=O)(=O)c1ccc(F)cc1N(C=Cc1ccc(-c2cc3ccccc3o2)cc1)[SH](=O)=O. The van der Waals surface area contributed by atoms with Crippen molar-refractivity contribution in [2.45, 2.75) is 4.90 Å².